The number of aryl methyl sites for hydroxylation is 2. The Morgan fingerprint density at radius 3 is 2.67 bits per heavy atom. The molecule has 0 aliphatic carbocycles. The Morgan fingerprint density at radius 2 is 1.90 bits per heavy atom. The zero-order chi connectivity index (χ0) is 21.3. The number of anilines is 1. The Balaban J connectivity index is 1.71. The van der Waals surface area contributed by atoms with Gasteiger partial charge in [-0.25, -0.2) is 4.63 Å². The molecule has 0 radical (unpaired) electrons. The maximum absolute atomic E-state index is 12.8. The first kappa shape index (κ1) is 20.0. The minimum atomic E-state index is -0.615. The van der Waals surface area contributed by atoms with E-state index in [-0.39, 0.29) is 17.0 Å². The van der Waals surface area contributed by atoms with E-state index in [2.05, 4.69) is 44.6 Å². The monoisotopic (exact) mass is 467 g/mol. The topological polar surface area (TPSA) is 98.2 Å². The molecular formula is C22H18BrN3O4. The van der Waals surface area contributed by atoms with Crippen LogP contribution < -0.4 is 10.7 Å². The average molecular weight is 468 g/mol. The molecule has 2 heterocycles. The fourth-order valence-corrected chi connectivity index (χ4v) is 3.57. The third-order valence-electron chi connectivity index (χ3n) is 4.85. The van der Waals surface area contributed by atoms with Crippen LogP contribution in [0.25, 0.3) is 22.2 Å². The number of benzene rings is 2. The maximum Gasteiger partial charge on any atom is 0.292 e. The van der Waals surface area contributed by atoms with Gasteiger partial charge in [-0.05, 0) is 58.5 Å². The summed E-state index contributed by atoms with van der Waals surface area (Å²) < 4.78 is 11.3. The van der Waals surface area contributed by atoms with Crippen LogP contribution in [0.3, 0.4) is 0 Å². The van der Waals surface area contributed by atoms with Crippen molar-refractivity contribution < 1.29 is 13.8 Å². The highest BCUT2D eigenvalue weighted by Crippen LogP contribution is 2.30. The van der Waals surface area contributed by atoms with E-state index in [1.165, 1.54) is 0 Å². The third kappa shape index (κ3) is 3.78. The SMILES string of the molecule is CCc1ccc(CC)c(-c2nonc2NC(=O)c2cc(=O)c3ccc(Br)cc3o2)c1. The fourth-order valence-electron chi connectivity index (χ4n) is 3.23. The molecule has 2 aromatic carbocycles. The van der Waals surface area contributed by atoms with Crippen LogP contribution in [-0.4, -0.2) is 16.2 Å². The van der Waals surface area contributed by atoms with Crippen LogP contribution in [0.1, 0.15) is 35.5 Å². The molecule has 1 amide bonds. The number of aromatic nitrogens is 2. The molecule has 0 unspecified atom stereocenters. The lowest BCUT2D eigenvalue weighted by atomic mass is 9.98. The lowest BCUT2D eigenvalue weighted by Gasteiger charge is -2.09. The lowest BCUT2D eigenvalue weighted by molar-refractivity contribution is 0.0996. The van der Waals surface area contributed by atoms with Gasteiger partial charge in [0.05, 0.1) is 5.39 Å². The summed E-state index contributed by atoms with van der Waals surface area (Å²) >= 11 is 3.33. The first-order valence-electron chi connectivity index (χ1n) is 9.49. The molecule has 0 saturated heterocycles. The molecule has 0 bridgehead atoms. The molecule has 0 fully saturated rings. The maximum atomic E-state index is 12.8. The van der Waals surface area contributed by atoms with Crippen molar-refractivity contribution >= 4 is 38.6 Å². The van der Waals surface area contributed by atoms with Crippen LogP contribution in [0.5, 0.6) is 0 Å². The molecule has 0 aliphatic heterocycles. The summed E-state index contributed by atoms with van der Waals surface area (Å²) in [6.07, 6.45) is 1.65. The highest BCUT2D eigenvalue weighted by atomic mass is 79.9. The van der Waals surface area contributed by atoms with Crippen molar-refractivity contribution in [2.75, 3.05) is 5.32 Å². The van der Waals surface area contributed by atoms with Gasteiger partial charge in [0.1, 0.15) is 5.58 Å². The number of hydrogen-bond acceptors (Lipinski definition) is 6. The van der Waals surface area contributed by atoms with E-state index in [4.69, 9.17) is 9.05 Å². The minimum absolute atomic E-state index is 0.127. The number of carbonyl (C=O) groups excluding carboxylic acids is 1. The van der Waals surface area contributed by atoms with Crippen molar-refractivity contribution in [3.05, 3.63) is 74.0 Å². The highest BCUT2D eigenvalue weighted by molar-refractivity contribution is 9.10. The number of fused-ring (bicyclic) bond motifs is 1. The average Bonchev–Trinajstić information content (AvgIpc) is 3.20. The summed E-state index contributed by atoms with van der Waals surface area (Å²) in [7, 11) is 0. The number of amides is 1. The number of nitrogens with zero attached hydrogens (tertiary/aromatic N) is 2. The van der Waals surface area contributed by atoms with Crippen LogP contribution in [-0.2, 0) is 12.8 Å². The van der Waals surface area contributed by atoms with Gasteiger partial charge in [-0.3, -0.25) is 14.9 Å². The molecule has 1 N–H and O–H groups in total. The van der Waals surface area contributed by atoms with E-state index in [9.17, 15) is 9.59 Å². The zero-order valence-electron chi connectivity index (χ0n) is 16.4. The van der Waals surface area contributed by atoms with Crippen LogP contribution in [0, 0.1) is 0 Å². The van der Waals surface area contributed by atoms with Gasteiger partial charge in [-0.1, -0.05) is 41.9 Å². The van der Waals surface area contributed by atoms with Crippen LogP contribution in [0.4, 0.5) is 5.82 Å². The molecule has 4 rings (SSSR count). The van der Waals surface area contributed by atoms with E-state index < -0.39 is 5.91 Å². The largest absolute Gasteiger partial charge is 0.451 e. The lowest BCUT2D eigenvalue weighted by Crippen LogP contribution is -2.15. The van der Waals surface area contributed by atoms with Gasteiger partial charge in [0.25, 0.3) is 5.91 Å². The third-order valence-corrected chi connectivity index (χ3v) is 5.35. The quantitative estimate of drug-likeness (QED) is 0.444. The predicted molar refractivity (Wildman–Crippen MR) is 117 cm³/mol. The summed E-state index contributed by atoms with van der Waals surface area (Å²) in [6.45, 7) is 4.10. The van der Waals surface area contributed by atoms with E-state index in [1.807, 2.05) is 19.1 Å². The summed E-state index contributed by atoms with van der Waals surface area (Å²) in [5.74, 6) is -0.576. The van der Waals surface area contributed by atoms with Gasteiger partial charge >= 0.3 is 0 Å². The molecule has 7 nitrogen and oxygen atoms in total. The first-order valence-corrected chi connectivity index (χ1v) is 10.3. The van der Waals surface area contributed by atoms with Crippen molar-refractivity contribution in [2.24, 2.45) is 0 Å². The van der Waals surface area contributed by atoms with Gasteiger partial charge < -0.3 is 4.42 Å². The molecule has 0 aliphatic rings. The van der Waals surface area contributed by atoms with Crippen molar-refractivity contribution in [3.8, 4) is 11.3 Å². The summed E-state index contributed by atoms with van der Waals surface area (Å²) in [6, 6.07) is 12.3. The molecule has 2 aromatic heterocycles. The standard InChI is InChI=1S/C22H18BrN3O4/c1-3-12-5-6-13(4-2)16(9-12)20-21(26-30-25-20)24-22(28)19-11-17(27)15-8-7-14(23)10-18(15)29-19/h5-11H,3-4H2,1-2H3,(H,24,26,28). The summed E-state index contributed by atoms with van der Waals surface area (Å²) in [5, 5.41) is 10.9. The Labute approximate surface area is 180 Å². The highest BCUT2D eigenvalue weighted by Gasteiger charge is 2.20. The van der Waals surface area contributed by atoms with Crippen molar-refractivity contribution in [1.82, 2.24) is 10.3 Å². The number of halogens is 1. The second kappa shape index (κ2) is 8.23. The first-order chi connectivity index (χ1) is 14.5. The van der Waals surface area contributed by atoms with E-state index in [0.29, 0.717) is 16.7 Å². The zero-order valence-corrected chi connectivity index (χ0v) is 17.9. The van der Waals surface area contributed by atoms with Crippen molar-refractivity contribution in [3.63, 3.8) is 0 Å². The molecular weight excluding hydrogens is 450 g/mol. The van der Waals surface area contributed by atoms with Crippen LogP contribution in [0.15, 0.2) is 60.8 Å². The van der Waals surface area contributed by atoms with Gasteiger partial charge in [0, 0.05) is 16.1 Å². The Morgan fingerprint density at radius 1 is 1.07 bits per heavy atom. The molecule has 30 heavy (non-hydrogen) atoms. The molecule has 8 heteroatoms. The van der Waals surface area contributed by atoms with Gasteiger partial charge in [0.2, 0.25) is 5.82 Å². The van der Waals surface area contributed by atoms with E-state index in [0.717, 1.165) is 40.1 Å². The van der Waals surface area contributed by atoms with E-state index >= 15 is 0 Å². The van der Waals surface area contributed by atoms with Crippen LogP contribution in [0.2, 0.25) is 0 Å². The van der Waals surface area contributed by atoms with Gasteiger partial charge in [0.15, 0.2) is 16.9 Å². The second-order valence-electron chi connectivity index (χ2n) is 6.73. The molecule has 152 valence electrons. The molecule has 4 aromatic rings. The number of hydrogen-bond donors (Lipinski definition) is 1. The Bertz CT molecular complexity index is 1310. The van der Waals surface area contributed by atoms with Gasteiger partial charge in [-0.2, -0.15) is 0 Å². The van der Waals surface area contributed by atoms with Gasteiger partial charge in [-0.15, -0.1) is 0 Å². The number of nitrogens with one attached hydrogen (secondary N) is 1. The molecule has 0 spiro atoms. The number of rotatable bonds is 5. The number of carbonyl (C=O) groups is 1. The van der Waals surface area contributed by atoms with E-state index in [1.54, 1.807) is 18.2 Å². The summed E-state index contributed by atoms with van der Waals surface area (Å²) in [4.78, 5) is 25.1. The predicted octanol–water partition coefficient (Wildman–Crippen LogP) is 4.98. The molecule has 0 atom stereocenters. The summed E-state index contributed by atoms with van der Waals surface area (Å²) in [5.41, 5.74) is 3.47. The normalized spacial score (nSPS) is 11.0. The Kier molecular flexibility index (Phi) is 5.50. The second-order valence-corrected chi connectivity index (χ2v) is 7.65. The minimum Gasteiger partial charge on any atom is -0.451 e. The fraction of sp³-hybridized carbons (Fsp3) is 0.182. The molecule has 0 saturated carbocycles. The van der Waals surface area contributed by atoms with Crippen molar-refractivity contribution in [1.29, 1.82) is 0 Å². The van der Waals surface area contributed by atoms with Crippen LogP contribution >= 0.6 is 15.9 Å². The smallest absolute Gasteiger partial charge is 0.292 e. The van der Waals surface area contributed by atoms with Crippen molar-refractivity contribution in [2.45, 2.75) is 26.7 Å². The Hall–Kier alpha value is -3.26.